The molecule has 0 aromatic heterocycles. The summed E-state index contributed by atoms with van der Waals surface area (Å²) in [5, 5.41) is 24.1. The predicted octanol–water partition coefficient (Wildman–Crippen LogP) is 3.39. The monoisotopic (exact) mass is 356 g/mol. The summed E-state index contributed by atoms with van der Waals surface area (Å²) in [7, 11) is 0. The van der Waals surface area contributed by atoms with Crippen LogP contribution >= 0.6 is 15.9 Å². The van der Waals surface area contributed by atoms with Crippen molar-refractivity contribution >= 4 is 21.6 Å². The normalized spacial score (nSPS) is 25.8. The van der Waals surface area contributed by atoms with E-state index in [9.17, 15) is 15.2 Å². The van der Waals surface area contributed by atoms with E-state index in [4.69, 9.17) is 0 Å². The SMILES string of the molecule is CC1CCCC(CO)(NCc2ccc(Br)c([N+](=O)[O-])c2)C1. The molecule has 0 amide bonds. The van der Waals surface area contributed by atoms with Crippen molar-refractivity contribution < 1.29 is 10.0 Å². The van der Waals surface area contributed by atoms with E-state index in [-0.39, 0.29) is 17.8 Å². The van der Waals surface area contributed by atoms with E-state index in [0.717, 1.165) is 24.8 Å². The first kappa shape index (κ1) is 16.4. The van der Waals surface area contributed by atoms with E-state index in [1.165, 1.54) is 6.42 Å². The molecule has 2 N–H and O–H groups in total. The third-order valence-electron chi connectivity index (χ3n) is 4.27. The maximum absolute atomic E-state index is 11.0. The highest BCUT2D eigenvalue weighted by Crippen LogP contribution is 2.32. The highest BCUT2D eigenvalue weighted by atomic mass is 79.9. The van der Waals surface area contributed by atoms with E-state index in [1.54, 1.807) is 12.1 Å². The predicted molar refractivity (Wildman–Crippen MR) is 85.1 cm³/mol. The molecule has 116 valence electrons. The second-order valence-electron chi connectivity index (χ2n) is 6.04. The smallest absolute Gasteiger partial charge is 0.283 e. The van der Waals surface area contributed by atoms with E-state index in [0.29, 0.717) is 16.9 Å². The van der Waals surface area contributed by atoms with Gasteiger partial charge in [-0.1, -0.05) is 25.8 Å². The van der Waals surface area contributed by atoms with Gasteiger partial charge < -0.3 is 10.4 Å². The number of hydrogen-bond acceptors (Lipinski definition) is 4. The van der Waals surface area contributed by atoms with Crippen molar-refractivity contribution in [1.82, 2.24) is 5.32 Å². The summed E-state index contributed by atoms with van der Waals surface area (Å²) < 4.78 is 0.486. The van der Waals surface area contributed by atoms with E-state index in [2.05, 4.69) is 28.2 Å². The number of benzene rings is 1. The van der Waals surface area contributed by atoms with E-state index >= 15 is 0 Å². The quantitative estimate of drug-likeness (QED) is 0.626. The molecule has 6 heteroatoms. The van der Waals surface area contributed by atoms with Crippen LogP contribution in [0.1, 0.15) is 38.2 Å². The molecule has 1 aliphatic carbocycles. The molecule has 2 unspecified atom stereocenters. The van der Waals surface area contributed by atoms with Crippen LogP contribution in [0.2, 0.25) is 0 Å². The Hall–Kier alpha value is -0.980. The number of nitrogens with one attached hydrogen (secondary N) is 1. The Morgan fingerprint density at radius 3 is 2.95 bits per heavy atom. The number of rotatable bonds is 5. The topological polar surface area (TPSA) is 75.4 Å². The van der Waals surface area contributed by atoms with Crippen LogP contribution in [0.4, 0.5) is 5.69 Å². The largest absolute Gasteiger partial charge is 0.394 e. The van der Waals surface area contributed by atoms with Crippen LogP contribution in [0.25, 0.3) is 0 Å². The molecule has 5 nitrogen and oxygen atoms in total. The van der Waals surface area contributed by atoms with Crippen molar-refractivity contribution in [3.63, 3.8) is 0 Å². The van der Waals surface area contributed by atoms with E-state index < -0.39 is 4.92 Å². The van der Waals surface area contributed by atoms with Crippen LogP contribution in [0.3, 0.4) is 0 Å². The van der Waals surface area contributed by atoms with Crippen LogP contribution in [0.5, 0.6) is 0 Å². The second kappa shape index (κ2) is 6.85. The fourth-order valence-corrected chi connectivity index (χ4v) is 3.51. The zero-order valence-electron chi connectivity index (χ0n) is 12.1. The number of aliphatic hydroxyl groups excluding tert-OH is 1. The van der Waals surface area contributed by atoms with Gasteiger partial charge in [-0.15, -0.1) is 0 Å². The van der Waals surface area contributed by atoms with Crippen molar-refractivity contribution in [2.24, 2.45) is 5.92 Å². The van der Waals surface area contributed by atoms with Gasteiger partial charge >= 0.3 is 0 Å². The number of hydrogen-bond donors (Lipinski definition) is 2. The zero-order chi connectivity index (χ0) is 15.5. The zero-order valence-corrected chi connectivity index (χ0v) is 13.7. The van der Waals surface area contributed by atoms with Gasteiger partial charge in [0, 0.05) is 18.2 Å². The minimum Gasteiger partial charge on any atom is -0.394 e. The minimum atomic E-state index is -0.391. The number of nitro benzene ring substituents is 1. The molecule has 1 aliphatic rings. The molecular weight excluding hydrogens is 336 g/mol. The number of nitrogens with zero attached hydrogens (tertiary/aromatic N) is 1. The molecule has 1 aromatic rings. The van der Waals surface area contributed by atoms with Gasteiger partial charge in [-0.05, 0) is 46.3 Å². The molecule has 0 radical (unpaired) electrons. The molecule has 0 saturated heterocycles. The summed E-state index contributed by atoms with van der Waals surface area (Å²) in [6.45, 7) is 2.84. The fraction of sp³-hybridized carbons (Fsp3) is 0.600. The van der Waals surface area contributed by atoms with Crippen LogP contribution < -0.4 is 5.32 Å². The average Bonchev–Trinajstić information content (AvgIpc) is 2.46. The van der Waals surface area contributed by atoms with Gasteiger partial charge in [0.15, 0.2) is 0 Å². The molecular formula is C15H21BrN2O3. The number of halogens is 1. The lowest BCUT2D eigenvalue weighted by Gasteiger charge is -2.39. The highest BCUT2D eigenvalue weighted by Gasteiger charge is 2.33. The Labute approximate surface area is 133 Å². The van der Waals surface area contributed by atoms with Crippen LogP contribution in [-0.2, 0) is 6.54 Å². The Balaban J connectivity index is 2.08. The summed E-state index contributed by atoms with van der Waals surface area (Å²) in [5.41, 5.74) is 0.680. The molecule has 1 fully saturated rings. The Kier molecular flexibility index (Phi) is 5.35. The Bertz CT molecular complexity index is 524. The third kappa shape index (κ3) is 4.02. The van der Waals surface area contributed by atoms with Gasteiger partial charge in [-0.3, -0.25) is 10.1 Å². The Morgan fingerprint density at radius 1 is 1.57 bits per heavy atom. The molecule has 0 heterocycles. The van der Waals surface area contributed by atoms with Gasteiger partial charge in [-0.2, -0.15) is 0 Å². The average molecular weight is 357 g/mol. The maximum atomic E-state index is 11.0. The molecule has 2 rings (SSSR count). The molecule has 21 heavy (non-hydrogen) atoms. The summed E-state index contributed by atoms with van der Waals surface area (Å²) in [5.74, 6) is 0.595. The van der Waals surface area contributed by atoms with Crippen molar-refractivity contribution in [2.45, 2.75) is 44.7 Å². The maximum Gasteiger partial charge on any atom is 0.283 e. The van der Waals surface area contributed by atoms with Crippen LogP contribution in [-0.4, -0.2) is 22.2 Å². The first-order valence-corrected chi connectivity index (χ1v) is 8.04. The van der Waals surface area contributed by atoms with Crippen molar-refractivity contribution in [2.75, 3.05) is 6.61 Å². The summed E-state index contributed by atoms with van der Waals surface area (Å²) in [6, 6.07) is 5.14. The van der Waals surface area contributed by atoms with Gasteiger partial charge in [-0.25, -0.2) is 0 Å². The molecule has 2 atom stereocenters. The first-order valence-electron chi connectivity index (χ1n) is 7.24. The third-order valence-corrected chi connectivity index (χ3v) is 4.94. The molecule has 0 aliphatic heterocycles. The first-order chi connectivity index (χ1) is 9.96. The molecule has 0 spiro atoms. The Morgan fingerprint density at radius 2 is 2.33 bits per heavy atom. The summed E-state index contributed by atoms with van der Waals surface area (Å²) >= 11 is 3.19. The highest BCUT2D eigenvalue weighted by molar-refractivity contribution is 9.10. The van der Waals surface area contributed by atoms with Crippen LogP contribution in [0.15, 0.2) is 22.7 Å². The summed E-state index contributed by atoms with van der Waals surface area (Å²) in [4.78, 5) is 10.6. The lowest BCUT2D eigenvalue weighted by Crippen LogP contribution is -2.51. The van der Waals surface area contributed by atoms with Crippen molar-refractivity contribution in [3.05, 3.63) is 38.3 Å². The summed E-state index contributed by atoms with van der Waals surface area (Å²) in [6.07, 6.45) is 4.21. The van der Waals surface area contributed by atoms with Crippen LogP contribution in [0, 0.1) is 16.0 Å². The van der Waals surface area contributed by atoms with E-state index in [1.807, 2.05) is 6.07 Å². The van der Waals surface area contributed by atoms with Crippen molar-refractivity contribution in [3.8, 4) is 0 Å². The number of aliphatic hydroxyl groups is 1. The molecule has 0 bridgehead atoms. The van der Waals surface area contributed by atoms with Gasteiger partial charge in [0.2, 0.25) is 0 Å². The fourth-order valence-electron chi connectivity index (χ4n) is 3.12. The van der Waals surface area contributed by atoms with Gasteiger partial charge in [0.25, 0.3) is 5.69 Å². The minimum absolute atomic E-state index is 0.0735. The lowest BCUT2D eigenvalue weighted by molar-refractivity contribution is -0.385. The molecule has 1 aromatic carbocycles. The molecule has 1 saturated carbocycles. The number of nitro groups is 1. The van der Waals surface area contributed by atoms with Gasteiger partial charge in [0.1, 0.15) is 0 Å². The standard InChI is InChI=1S/C15H21BrN2O3/c1-11-3-2-6-15(8-11,10-19)17-9-12-4-5-13(16)14(7-12)18(20)21/h4-5,7,11,17,19H,2-3,6,8-10H2,1H3. The lowest BCUT2D eigenvalue weighted by atomic mass is 9.77. The van der Waals surface area contributed by atoms with Gasteiger partial charge in [0.05, 0.1) is 16.0 Å². The second-order valence-corrected chi connectivity index (χ2v) is 6.89. The van der Waals surface area contributed by atoms with Crippen molar-refractivity contribution in [1.29, 1.82) is 0 Å².